The Morgan fingerprint density at radius 1 is 1.26 bits per heavy atom. The molecule has 0 atom stereocenters. The Labute approximate surface area is 140 Å². The van der Waals surface area contributed by atoms with E-state index < -0.39 is 8.32 Å². The van der Waals surface area contributed by atoms with E-state index in [1.807, 2.05) is 18.2 Å². The van der Waals surface area contributed by atoms with E-state index in [-0.39, 0.29) is 24.0 Å². The summed E-state index contributed by atoms with van der Waals surface area (Å²) in [7, 11) is -0.572. The van der Waals surface area contributed by atoms with Crippen molar-refractivity contribution in [1.82, 2.24) is 0 Å². The number of methoxy groups -OCH3 is 1. The highest BCUT2D eigenvalue weighted by Crippen LogP contribution is 2.39. The lowest BCUT2D eigenvalue weighted by Crippen LogP contribution is -2.44. The number of ether oxygens (including phenoxy) is 1. The van der Waals surface area contributed by atoms with Crippen molar-refractivity contribution in [2.24, 2.45) is 0 Å². The van der Waals surface area contributed by atoms with Gasteiger partial charge in [0.25, 0.3) is 0 Å². The maximum absolute atomic E-state index is 11.7. The number of aliphatic hydroxyl groups is 1. The molecule has 0 aliphatic carbocycles. The molecule has 4 nitrogen and oxygen atoms in total. The number of hydrogen-bond acceptors (Lipinski definition) is 4. The van der Waals surface area contributed by atoms with Crippen molar-refractivity contribution in [1.29, 1.82) is 0 Å². The van der Waals surface area contributed by atoms with Crippen LogP contribution in [0, 0.1) is 0 Å². The minimum atomic E-state index is -1.97. The average Bonchev–Trinajstić information content (AvgIpc) is 2.45. The van der Waals surface area contributed by atoms with Gasteiger partial charge in [0, 0.05) is 6.61 Å². The van der Waals surface area contributed by atoms with Crippen molar-refractivity contribution >= 4 is 14.3 Å². The summed E-state index contributed by atoms with van der Waals surface area (Å²) in [4.78, 5) is 11.7. The third-order valence-corrected chi connectivity index (χ3v) is 8.89. The molecule has 0 aliphatic heterocycles. The third kappa shape index (κ3) is 5.36. The molecule has 0 saturated carbocycles. The van der Waals surface area contributed by atoms with Crippen LogP contribution in [0.1, 0.15) is 38.3 Å². The number of hydrogen-bond donors (Lipinski definition) is 1. The Bertz CT molecular complexity index is 532. The van der Waals surface area contributed by atoms with Crippen molar-refractivity contribution in [3.8, 4) is 5.75 Å². The number of esters is 1. The van der Waals surface area contributed by atoms with E-state index >= 15 is 0 Å². The maximum Gasteiger partial charge on any atom is 0.309 e. The first-order chi connectivity index (χ1) is 10.6. The lowest BCUT2D eigenvalue weighted by molar-refractivity contribution is -0.139. The first-order valence-electron chi connectivity index (χ1n) is 8.10. The second kappa shape index (κ2) is 7.97. The average molecular weight is 339 g/mol. The van der Waals surface area contributed by atoms with E-state index in [0.29, 0.717) is 12.8 Å². The molecule has 0 amide bonds. The summed E-state index contributed by atoms with van der Waals surface area (Å²) in [5.74, 6) is 0.575. The molecule has 0 spiro atoms. The van der Waals surface area contributed by atoms with Gasteiger partial charge in [-0.2, -0.15) is 0 Å². The monoisotopic (exact) mass is 338 g/mol. The molecule has 1 rings (SSSR count). The van der Waals surface area contributed by atoms with Gasteiger partial charge in [-0.1, -0.05) is 32.9 Å². The Balaban J connectivity index is 3.19. The summed E-state index contributed by atoms with van der Waals surface area (Å²) in [6, 6.07) is 5.82. The Kier molecular flexibility index (Phi) is 6.83. The molecule has 5 heteroatoms. The smallest absolute Gasteiger partial charge is 0.309 e. The van der Waals surface area contributed by atoms with Crippen LogP contribution in [0.5, 0.6) is 5.75 Å². The Morgan fingerprint density at radius 3 is 2.43 bits per heavy atom. The van der Waals surface area contributed by atoms with Gasteiger partial charge in [-0.3, -0.25) is 4.79 Å². The predicted molar refractivity (Wildman–Crippen MR) is 95.4 cm³/mol. The van der Waals surface area contributed by atoms with Crippen LogP contribution in [0.15, 0.2) is 18.2 Å². The fraction of sp³-hybridized carbons (Fsp3) is 0.611. The molecule has 0 bridgehead atoms. The summed E-state index contributed by atoms with van der Waals surface area (Å²) < 4.78 is 11.2. The number of carbonyl (C=O) groups excluding carboxylic acids is 1. The SMILES string of the molecule is COC(=O)Cc1cccc(O[Si](C)(C)C(C)(C)C)c1CCCO. The zero-order chi connectivity index (χ0) is 17.7. The van der Waals surface area contributed by atoms with E-state index in [1.54, 1.807) is 0 Å². The molecule has 0 aromatic heterocycles. The summed E-state index contributed by atoms with van der Waals surface area (Å²) in [6.45, 7) is 11.1. The highest BCUT2D eigenvalue weighted by Gasteiger charge is 2.39. The molecule has 130 valence electrons. The fourth-order valence-corrected chi connectivity index (χ4v) is 3.11. The van der Waals surface area contributed by atoms with Crippen LogP contribution in [-0.2, 0) is 22.4 Å². The van der Waals surface area contributed by atoms with Crippen LogP contribution in [0.4, 0.5) is 0 Å². The van der Waals surface area contributed by atoms with Crippen molar-refractivity contribution < 1.29 is 19.1 Å². The van der Waals surface area contributed by atoms with Gasteiger partial charge in [0.05, 0.1) is 13.5 Å². The Hall–Kier alpha value is -1.33. The van der Waals surface area contributed by atoms with Gasteiger partial charge in [0.2, 0.25) is 8.32 Å². The maximum atomic E-state index is 11.7. The second-order valence-electron chi connectivity index (χ2n) is 7.34. The largest absolute Gasteiger partial charge is 0.543 e. The van der Waals surface area contributed by atoms with Crippen LogP contribution in [-0.4, -0.2) is 33.1 Å². The quantitative estimate of drug-likeness (QED) is 0.608. The third-order valence-electron chi connectivity index (χ3n) is 4.55. The van der Waals surface area contributed by atoms with Crippen LogP contribution in [0.2, 0.25) is 18.1 Å². The second-order valence-corrected chi connectivity index (χ2v) is 12.1. The van der Waals surface area contributed by atoms with Gasteiger partial charge in [0.15, 0.2) is 0 Å². The molecule has 1 aromatic carbocycles. The van der Waals surface area contributed by atoms with E-state index in [2.05, 4.69) is 33.9 Å². The van der Waals surface area contributed by atoms with Crippen LogP contribution in [0.25, 0.3) is 0 Å². The van der Waals surface area contributed by atoms with E-state index in [0.717, 1.165) is 16.9 Å². The molecule has 0 radical (unpaired) electrons. The molecule has 1 aromatic rings. The number of aliphatic hydroxyl groups excluding tert-OH is 1. The molecule has 0 saturated heterocycles. The van der Waals surface area contributed by atoms with Crippen molar-refractivity contribution in [3.05, 3.63) is 29.3 Å². The van der Waals surface area contributed by atoms with Gasteiger partial charge >= 0.3 is 5.97 Å². The van der Waals surface area contributed by atoms with Crippen LogP contribution < -0.4 is 4.43 Å². The van der Waals surface area contributed by atoms with Crippen LogP contribution >= 0.6 is 0 Å². The highest BCUT2D eigenvalue weighted by molar-refractivity contribution is 6.74. The standard InChI is InChI=1S/C18H30O4Si/c1-18(2,3)23(5,6)22-16-11-7-9-14(13-17(20)21-4)15(16)10-8-12-19/h7,9,11,19H,8,10,12-13H2,1-6H3. The van der Waals surface area contributed by atoms with Gasteiger partial charge < -0.3 is 14.3 Å². The molecular weight excluding hydrogens is 308 g/mol. The summed E-state index contributed by atoms with van der Waals surface area (Å²) in [5.41, 5.74) is 1.93. The van der Waals surface area contributed by atoms with Crippen molar-refractivity contribution in [2.45, 2.75) is 58.2 Å². The lowest BCUT2D eigenvalue weighted by Gasteiger charge is -2.37. The van der Waals surface area contributed by atoms with Gasteiger partial charge in [-0.15, -0.1) is 0 Å². The molecule has 0 unspecified atom stereocenters. The number of carbonyl (C=O) groups is 1. The minimum Gasteiger partial charge on any atom is -0.543 e. The van der Waals surface area contributed by atoms with Gasteiger partial charge in [-0.25, -0.2) is 0 Å². The zero-order valence-electron chi connectivity index (χ0n) is 15.2. The summed E-state index contributed by atoms with van der Waals surface area (Å²) in [6.07, 6.45) is 1.56. The molecule has 0 aliphatic rings. The summed E-state index contributed by atoms with van der Waals surface area (Å²) >= 11 is 0. The van der Waals surface area contributed by atoms with Gasteiger partial charge in [0.1, 0.15) is 5.75 Å². The van der Waals surface area contributed by atoms with Crippen LogP contribution in [0.3, 0.4) is 0 Å². The highest BCUT2D eigenvalue weighted by atomic mass is 28.4. The number of benzene rings is 1. The van der Waals surface area contributed by atoms with Crippen molar-refractivity contribution in [3.63, 3.8) is 0 Å². The molecule has 23 heavy (non-hydrogen) atoms. The van der Waals surface area contributed by atoms with E-state index in [4.69, 9.17) is 9.16 Å². The lowest BCUT2D eigenvalue weighted by atomic mass is 9.99. The topological polar surface area (TPSA) is 55.8 Å². The minimum absolute atomic E-state index is 0.0968. The van der Waals surface area contributed by atoms with Gasteiger partial charge in [-0.05, 0) is 48.2 Å². The van der Waals surface area contributed by atoms with E-state index in [1.165, 1.54) is 7.11 Å². The molecule has 1 N–H and O–H groups in total. The normalized spacial score (nSPS) is 12.1. The zero-order valence-corrected chi connectivity index (χ0v) is 16.2. The van der Waals surface area contributed by atoms with Crippen molar-refractivity contribution in [2.75, 3.05) is 13.7 Å². The molecule has 0 fully saturated rings. The molecular formula is C18H30O4Si. The summed E-state index contributed by atoms with van der Waals surface area (Å²) in [5, 5.41) is 9.27. The molecule has 0 heterocycles. The predicted octanol–water partition coefficient (Wildman–Crippen LogP) is 3.71. The fourth-order valence-electron chi connectivity index (χ4n) is 2.07. The Morgan fingerprint density at radius 2 is 1.91 bits per heavy atom. The van der Waals surface area contributed by atoms with E-state index in [9.17, 15) is 9.90 Å². The first kappa shape index (κ1) is 19.7. The first-order valence-corrected chi connectivity index (χ1v) is 11.0. The number of rotatable bonds is 7.